The van der Waals surface area contributed by atoms with Gasteiger partial charge in [0.15, 0.2) is 0 Å². The zero-order chi connectivity index (χ0) is 16.3. The first-order valence-corrected chi connectivity index (χ1v) is 7.91. The first kappa shape index (κ1) is 16.6. The van der Waals surface area contributed by atoms with Crippen molar-refractivity contribution in [3.05, 3.63) is 0 Å². The van der Waals surface area contributed by atoms with E-state index in [4.69, 9.17) is 0 Å². The molecule has 0 aromatic rings. The molecule has 3 N–H and O–H groups in total. The fraction of sp³-hybridized carbons (Fsp3) is 0.800. The van der Waals surface area contributed by atoms with Crippen LogP contribution in [-0.4, -0.2) is 53.5 Å². The lowest BCUT2D eigenvalue weighted by Gasteiger charge is -2.34. The van der Waals surface area contributed by atoms with Gasteiger partial charge in [0.05, 0.1) is 0 Å². The van der Waals surface area contributed by atoms with E-state index >= 15 is 0 Å². The van der Waals surface area contributed by atoms with Gasteiger partial charge in [-0.15, -0.1) is 0 Å². The van der Waals surface area contributed by atoms with Crippen molar-refractivity contribution in [2.75, 3.05) is 13.1 Å². The summed E-state index contributed by atoms with van der Waals surface area (Å²) in [6.45, 7) is 7.04. The molecule has 2 rings (SSSR count). The van der Waals surface area contributed by atoms with Crippen LogP contribution in [0.4, 0.5) is 4.79 Å². The van der Waals surface area contributed by atoms with Crippen LogP contribution in [0.2, 0.25) is 0 Å². The summed E-state index contributed by atoms with van der Waals surface area (Å²) in [5.41, 5.74) is -0.262. The van der Waals surface area contributed by atoms with Gasteiger partial charge in [-0.2, -0.15) is 0 Å². The molecule has 7 heteroatoms. The number of likely N-dealkylation sites (tertiary alicyclic amines) is 1. The van der Waals surface area contributed by atoms with Gasteiger partial charge in [0.25, 0.3) is 0 Å². The van der Waals surface area contributed by atoms with Crippen molar-refractivity contribution in [1.29, 1.82) is 0 Å². The van der Waals surface area contributed by atoms with Crippen LogP contribution in [0.15, 0.2) is 0 Å². The first-order valence-electron chi connectivity index (χ1n) is 7.91. The lowest BCUT2D eigenvalue weighted by molar-refractivity contribution is -0.135. The maximum atomic E-state index is 12.3. The van der Waals surface area contributed by atoms with Crippen LogP contribution in [0.1, 0.15) is 46.5 Å². The molecule has 1 atom stereocenters. The maximum absolute atomic E-state index is 12.3. The van der Waals surface area contributed by atoms with E-state index in [1.54, 1.807) is 4.90 Å². The SMILES string of the molecule is CC(C)(C)NC(=O)NC1CCN(C(=O)C2CCC(=O)N2)CC1. The average molecular weight is 310 g/mol. The van der Waals surface area contributed by atoms with E-state index in [2.05, 4.69) is 16.0 Å². The minimum Gasteiger partial charge on any atom is -0.344 e. The molecule has 0 saturated carbocycles. The summed E-state index contributed by atoms with van der Waals surface area (Å²) in [6, 6.07) is -0.439. The molecule has 7 nitrogen and oxygen atoms in total. The number of amides is 4. The van der Waals surface area contributed by atoms with E-state index in [-0.39, 0.29) is 35.5 Å². The van der Waals surface area contributed by atoms with Crippen LogP contribution < -0.4 is 16.0 Å². The predicted molar refractivity (Wildman–Crippen MR) is 82.2 cm³/mol. The summed E-state index contributed by atoms with van der Waals surface area (Å²) in [5.74, 6) is -0.0443. The third kappa shape index (κ3) is 4.61. The van der Waals surface area contributed by atoms with Crippen molar-refractivity contribution >= 4 is 17.8 Å². The van der Waals surface area contributed by atoms with Gasteiger partial charge >= 0.3 is 6.03 Å². The van der Waals surface area contributed by atoms with Gasteiger partial charge in [-0.05, 0) is 40.0 Å². The fourth-order valence-corrected chi connectivity index (χ4v) is 2.83. The molecule has 22 heavy (non-hydrogen) atoms. The van der Waals surface area contributed by atoms with Crippen molar-refractivity contribution in [2.45, 2.75) is 64.1 Å². The Morgan fingerprint density at radius 1 is 1.18 bits per heavy atom. The van der Waals surface area contributed by atoms with Crippen molar-refractivity contribution < 1.29 is 14.4 Å². The highest BCUT2D eigenvalue weighted by Gasteiger charge is 2.33. The van der Waals surface area contributed by atoms with Crippen LogP contribution in [0.25, 0.3) is 0 Å². The van der Waals surface area contributed by atoms with Gasteiger partial charge in [0.2, 0.25) is 11.8 Å². The fourth-order valence-electron chi connectivity index (χ4n) is 2.83. The van der Waals surface area contributed by atoms with Crippen LogP contribution >= 0.6 is 0 Å². The minimum absolute atomic E-state index is 0.00319. The average Bonchev–Trinajstić information content (AvgIpc) is 2.83. The van der Waals surface area contributed by atoms with E-state index in [9.17, 15) is 14.4 Å². The summed E-state index contributed by atoms with van der Waals surface area (Å²) in [7, 11) is 0. The lowest BCUT2D eigenvalue weighted by atomic mass is 10.0. The first-order chi connectivity index (χ1) is 10.2. The van der Waals surface area contributed by atoms with Gasteiger partial charge in [0, 0.05) is 31.1 Å². The number of hydrogen-bond acceptors (Lipinski definition) is 3. The number of nitrogens with zero attached hydrogens (tertiary/aromatic N) is 1. The van der Waals surface area contributed by atoms with Crippen LogP contribution in [0.5, 0.6) is 0 Å². The normalized spacial score (nSPS) is 23.1. The number of carbonyl (C=O) groups is 3. The summed E-state index contributed by atoms with van der Waals surface area (Å²) in [4.78, 5) is 37.1. The molecule has 4 amide bonds. The van der Waals surface area contributed by atoms with Crippen LogP contribution in [-0.2, 0) is 9.59 Å². The van der Waals surface area contributed by atoms with Gasteiger partial charge in [0.1, 0.15) is 6.04 Å². The van der Waals surface area contributed by atoms with Gasteiger partial charge < -0.3 is 20.9 Å². The maximum Gasteiger partial charge on any atom is 0.315 e. The smallest absolute Gasteiger partial charge is 0.315 e. The summed E-state index contributed by atoms with van der Waals surface area (Å²) < 4.78 is 0. The van der Waals surface area contributed by atoms with Gasteiger partial charge in [-0.25, -0.2) is 4.79 Å². The summed E-state index contributed by atoms with van der Waals surface area (Å²) in [5, 5.41) is 8.54. The Morgan fingerprint density at radius 2 is 1.82 bits per heavy atom. The van der Waals surface area contributed by atoms with Crippen LogP contribution in [0, 0.1) is 0 Å². The van der Waals surface area contributed by atoms with E-state index < -0.39 is 0 Å². The quantitative estimate of drug-likeness (QED) is 0.687. The molecule has 124 valence electrons. The standard InChI is InChI=1S/C15H26N4O3/c1-15(2,3)18-14(22)16-10-6-8-19(9-7-10)13(21)11-4-5-12(20)17-11/h10-11H,4-9H2,1-3H3,(H,17,20)(H2,16,18,22). The Kier molecular flexibility index (Phi) is 4.93. The molecule has 2 fully saturated rings. The van der Waals surface area contributed by atoms with Gasteiger partial charge in [-0.3, -0.25) is 9.59 Å². The van der Waals surface area contributed by atoms with Crippen molar-refractivity contribution in [1.82, 2.24) is 20.9 Å². The van der Waals surface area contributed by atoms with E-state index in [1.165, 1.54) is 0 Å². The Balaban J connectivity index is 1.75. The molecule has 0 aromatic carbocycles. The second-order valence-corrected chi connectivity index (χ2v) is 7.11. The number of carbonyl (C=O) groups excluding carboxylic acids is 3. The molecule has 2 aliphatic rings. The molecular weight excluding hydrogens is 284 g/mol. The van der Waals surface area contributed by atoms with Gasteiger partial charge in [-0.1, -0.05) is 0 Å². The van der Waals surface area contributed by atoms with Crippen molar-refractivity contribution in [3.63, 3.8) is 0 Å². The summed E-state index contributed by atoms with van der Waals surface area (Å²) in [6.07, 6.45) is 2.50. The molecule has 2 saturated heterocycles. The molecule has 0 bridgehead atoms. The monoisotopic (exact) mass is 310 g/mol. The van der Waals surface area contributed by atoms with Crippen LogP contribution in [0.3, 0.4) is 0 Å². The minimum atomic E-state index is -0.360. The third-order valence-corrected chi connectivity index (χ3v) is 3.92. The lowest BCUT2D eigenvalue weighted by Crippen LogP contribution is -2.54. The Hall–Kier alpha value is -1.79. The zero-order valence-corrected chi connectivity index (χ0v) is 13.6. The molecule has 2 heterocycles. The highest BCUT2D eigenvalue weighted by molar-refractivity contribution is 5.90. The van der Waals surface area contributed by atoms with E-state index in [1.807, 2.05) is 20.8 Å². The number of nitrogens with one attached hydrogen (secondary N) is 3. The number of hydrogen-bond donors (Lipinski definition) is 3. The highest BCUT2D eigenvalue weighted by Crippen LogP contribution is 2.15. The molecular formula is C15H26N4O3. The van der Waals surface area contributed by atoms with Crippen molar-refractivity contribution in [3.8, 4) is 0 Å². The largest absolute Gasteiger partial charge is 0.344 e. The Bertz CT molecular complexity index is 450. The third-order valence-electron chi connectivity index (χ3n) is 3.92. The number of rotatable bonds is 2. The molecule has 0 spiro atoms. The molecule has 1 unspecified atom stereocenters. The summed E-state index contributed by atoms with van der Waals surface area (Å²) >= 11 is 0. The Morgan fingerprint density at radius 3 is 2.32 bits per heavy atom. The van der Waals surface area contributed by atoms with E-state index in [0.717, 1.165) is 12.8 Å². The predicted octanol–water partition coefficient (Wildman–Crippen LogP) is 0.354. The highest BCUT2D eigenvalue weighted by atomic mass is 16.2. The van der Waals surface area contributed by atoms with E-state index in [0.29, 0.717) is 25.9 Å². The zero-order valence-electron chi connectivity index (χ0n) is 13.6. The number of piperidine rings is 1. The number of urea groups is 1. The second-order valence-electron chi connectivity index (χ2n) is 7.11. The molecule has 2 aliphatic heterocycles. The Labute approximate surface area is 131 Å². The topological polar surface area (TPSA) is 90.5 Å². The molecule has 0 radical (unpaired) electrons. The molecule has 0 aromatic heterocycles. The van der Waals surface area contributed by atoms with Crippen molar-refractivity contribution in [2.24, 2.45) is 0 Å². The second kappa shape index (κ2) is 6.54. The molecule has 0 aliphatic carbocycles.